The predicted octanol–water partition coefficient (Wildman–Crippen LogP) is 4.66. The second-order valence-corrected chi connectivity index (χ2v) is 14.5. The van der Waals surface area contributed by atoms with Crippen LogP contribution >= 0.6 is 0 Å². The average Bonchev–Trinajstić information content (AvgIpc) is 3.72. The highest BCUT2D eigenvalue weighted by atomic mass is 16.5. The molecule has 5 aliphatic rings. The fourth-order valence-corrected chi connectivity index (χ4v) is 8.40. The molecule has 11 nitrogen and oxygen atoms in total. The van der Waals surface area contributed by atoms with Crippen molar-refractivity contribution in [3.05, 3.63) is 30.0 Å². The summed E-state index contributed by atoms with van der Waals surface area (Å²) in [5.74, 6) is 2.43. The van der Waals surface area contributed by atoms with Gasteiger partial charge in [0.1, 0.15) is 11.4 Å². The molecule has 0 radical (unpaired) electrons. The zero-order valence-electron chi connectivity index (χ0n) is 28.5. The monoisotopic (exact) mass is 644 g/mol. The van der Waals surface area contributed by atoms with Gasteiger partial charge in [0, 0.05) is 64.0 Å². The molecule has 7 rings (SSSR count). The Kier molecular flexibility index (Phi) is 9.29. The summed E-state index contributed by atoms with van der Waals surface area (Å²) >= 11 is 0. The molecule has 47 heavy (non-hydrogen) atoms. The highest BCUT2D eigenvalue weighted by Crippen LogP contribution is 2.52. The molecule has 2 N–H and O–H groups in total. The van der Waals surface area contributed by atoms with E-state index >= 15 is 0 Å². The zero-order valence-corrected chi connectivity index (χ0v) is 28.5. The van der Waals surface area contributed by atoms with Gasteiger partial charge in [0.2, 0.25) is 11.9 Å². The summed E-state index contributed by atoms with van der Waals surface area (Å²) in [4.78, 5) is 45.6. The molecule has 254 valence electrons. The summed E-state index contributed by atoms with van der Waals surface area (Å²) in [6.45, 7) is 9.56. The van der Waals surface area contributed by atoms with Crippen molar-refractivity contribution in [2.24, 2.45) is 11.3 Å². The van der Waals surface area contributed by atoms with Crippen LogP contribution in [-0.4, -0.2) is 104 Å². The van der Waals surface area contributed by atoms with Gasteiger partial charge >= 0.3 is 0 Å². The van der Waals surface area contributed by atoms with E-state index < -0.39 is 0 Å². The van der Waals surface area contributed by atoms with Gasteiger partial charge in [-0.05, 0) is 82.0 Å². The standard InChI is InChI=1S/C36H52N8O3/c1-4-42-17-19-43(20-18-42)27-12-9-25(10-13-27)22-37-33(45)26-11-14-29(31(21-26)47-3)39-35-38-23-30-32(40-35)44(28-7-5-6-8-28)24-36(15-16-36)34(46)41(30)2/h11,14,21,23,25,27-28H,4-10,12-13,15-20,22,24H2,1-3H3,(H,37,45)(H,38,39,40). The van der Waals surface area contributed by atoms with Gasteiger partial charge in [-0.3, -0.25) is 14.5 Å². The first-order chi connectivity index (χ1) is 22.9. The molecule has 1 aromatic heterocycles. The van der Waals surface area contributed by atoms with Gasteiger partial charge in [-0.1, -0.05) is 19.8 Å². The van der Waals surface area contributed by atoms with E-state index in [0.717, 1.165) is 63.1 Å². The molecule has 3 saturated carbocycles. The second-order valence-electron chi connectivity index (χ2n) is 14.5. The van der Waals surface area contributed by atoms with E-state index in [9.17, 15) is 9.59 Å². The molecule has 0 unspecified atom stereocenters. The number of piperazine rings is 1. The Morgan fingerprint density at radius 1 is 1.02 bits per heavy atom. The fraction of sp³-hybridized carbons (Fsp3) is 0.667. The van der Waals surface area contributed by atoms with Crippen molar-refractivity contribution < 1.29 is 14.3 Å². The first kappa shape index (κ1) is 32.1. The topological polar surface area (TPSA) is 106 Å². The largest absolute Gasteiger partial charge is 0.495 e. The molecule has 0 bridgehead atoms. The summed E-state index contributed by atoms with van der Waals surface area (Å²) in [6, 6.07) is 6.54. The van der Waals surface area contributed by atoms with E-state index in [2.05, 4.69) is 37.2 Å². The lowest BCUT2D eigenvalue weighted by Crippen LogP contribution is -2.51. The van der Waals surface area contributed by atoms with Crippen LogP contribution in [0.3, 0.4) is 0 Å². The molecular formula is C36H52N8O3. The smallest absolute Gasteiger partial charge is 0.251 e. The Morgan fingerprint density at radius 2 is 1.77 bits per heavy atom. The van der Waals surface area contributed by atoms with Crippen LogP contribution in [0, 0.1) is 11.3 Å². The number of anilines is 4. The Balaban J connectivity index is 0.983. The van der Waals surface area contributed by atoms with Crippen molar-refractivity contribution >= 4 is 35.0 Å². The molecule has 2 aliphatic heterocycles. The zero-order chi connectivity index (χ0) is 32.5. The summed E-state index contributed by atoms with van der Waals surface area (Å²) in [5, 5.41) is 6.53. The Hall–Kier alpha value is -3.44. The molecule has 2 aromatic rings. The van der Waals surface area contributed by atoms with Gasteiger partial charge in [-0.25, -0.2) is 4.98 Å². The highest BCUT2D eigenvalue weighted by Gasteiger charge is 2.55. The van der Waals surface area contributed by atoms with Crippen LogP contribution in [-0.2, 0) is 4.79 Å². The van der Waals surface area contributed by atoms with E-state index in [1.165, 1.54) is 51.9 Å². The van der Waals surface area contributed by atoms with Crippen molar-refractivity contribution in [3.63, 3.8) is 0 Å². The number of likely N-dealkylation sites (N-methyl/N-ethyl adjacent to an activating group) is 1. The van der Waals surface area contributed by atoms with Crippen molar-refractivity contribution in [1.82, 2.24) is 25.1 Å². The van der Waals surface area contributed by atoms with Gasteiger partial charge < -0.3 is 30.1 Å². The number of nitrogens with one attached hydrogen (secondary N) is 2. The molecule has 2 amide bonds. The van der Waals surface area contributed by atoms with Gasteiger partial charge in [0.15, 0.2) is 5.82 Å². The van der Waals surface area contributed by atoms with Crippen LogP contribution in [0.4, 0.5) is 23.1 Å². The lowest BCUT2D eigenvalue weighted by atomic mass is 9.85. The van der Waals surface area contributed by atoms with Crippen LogP contribution < -0.4 is 25.2 Å². The number of rotatable bonds is 9. The maximum atomic E-state index is 13.4. The van der Waals surface area contributed by atoms with Gasteiger partial charge in [0.25, 0.3) is 5.91 Å². The second kappa shape index (κ2) is 13.6. The first-order valence-corrected chi connectivity index (χ1v) is 18.0. The number of hydrogen-bond acceptors (Lipinski definition) is 9. The number of carbonyl (C=O) groups excluding carboxylic acids is 2. The molecule has 1 saturated heterocycles. The van der Waals surface area contributed by atoms with Crippen molar-refractivity contribution in [2.75, 3.05) is 75.1 Å². The number of aromatic nitrogens is 2. The molecule has 11 heteroatoms. The van der Waals surface area contributed by atoms with Crippen molar-refractivity contribution in [2.45, 2.75) is 83.2 Å². The molecule has 0 atom stereocenters. The summed E-state index contributed by atoms with van der Waals surface area (Å²) in [5.41, 5.74) is 1.72. The molecule has 3 aliphatic carbocycles. The number of benzene rings is 1. The van der Waals surface area contributed by atoms with E-state index in [0.29, 0.717) is 47.5 Å². The van der Waals surface area contributed by atoms with Crippen LogP contribution in [0.1, 0.15) is 81.5 Å². The maximum Gasteiger partial charge on any atom is 0.251 e. The van der Waals surface area contributed by atoms with Crippen LogP contribution in [0.5, 0.6) is 5.75 Å². The molecule has 1 aromatic carbocycles. The van der Waals surface area contributed by atoms with E-state index in [1.807, 2.05) is 19.2 Å². The van der Waals surface area contributed by atoms with Crippen LogP contribution in [0.15, 0.2) is 24.4 Å². The predicted molar refractivity (Wildman–Crippen MR) is 185 cm³/mol. The van der Waals surface area contributed by atoms with E-state index in [1.54, 1.807) is 24.3 Å². The molecule has 3 heterocycles. The number of fused-ring (bicyclic) bond motifs is 1. The number of amides is 2. The lowest BCUT2D eigenvalue weighted by molar-refractivity contribution is -0.122. The lowest BCUT2D eigenvalue weighted by Gasteiger charge is -2.41. The SMILES string of the molecule is CCN1CCN(C2CCC(CNC(=O)c3ccc(Nc4ncc5c(n4)N(C4CCCC4)CC4(CC4)C(=O)N5C)c(OC)c3)CC2)CC1. The molecule has 1 spiro atoms. The normalized spacial score (nSPS) is 25.0. The summed E-state index contributed by atoms with van der Waals surface area (Å²) in [6.07, 6.45) is 13.0. The van der Waals surface area contributed by atoms with Gasteiger partial charge in [-0.15, -0.1) is 0 Å². The number of nitrogens with zero attached hydrogens (tertiary/aromatic N) is 6. The van der Waals surface area contributed by atoms with E-state index in [4.69, 9.17) is 9.72 Å². The Morgan fingerprint density at radius 3 is 2.45 bits per heavy atom. The quantitative estimate of drug-likeness (QED) is 0.403. The highest BCUT2D eigenvalue weighted by molar-refractivity contribution is 6.03. The van der Waals surface area contributed by atoms with Crippen LogP contribution in [0.25, 0.3) is 0 Å². The average molecular weight is 645 g/mol. The van der Waals surface area contributed by atoms with Crippen molar-refractivity contribution in [3.8, 4) is 5.75 Å². The minimum absolute atomic E-state index is 0.0807. The van der Waals surface area contributed by atoms with Gasteiger partial charge in [-0.2, -0.15) is 4.98 Å². The molecular weight excluding hydrogens is 592 g/mol. The van der Waals surface area contributed by atoms with Gasteiger partial charge in [0.05, 0.1) is 24.4 Å². The Bertz CT molecular complexity index is 1440. The minimum atomic E-state index is -0.297. The summed E-state index contributed by atoms with van der Waals surface area (Å²) < 4.78 is 5.72. The fourth-order valence-electron chi connectivity index (χ4n) is 8.40. The summed E-state index contributed by atoms with van der Waals surface area (Å²) in [7, 11) is 3.46. The minimum Gasteiger partial charge on any atom is -0.495 e. The molecule has 4 fully saturated rings. The number of hydrogen-bond donors (Lipinski definition) is 2. The maximum absolute atomic E-state index is 13.4. The third-order valence-corrected chi connectivity index (χ3v) is 11.7. The Labute approximate surface area is 279 Å². The van der Waals surface area contributed by atoms with E-state index in [-0.39, 0.29) is 17.2 Å². The third kappa shape index (κ3) is 6.66. The van der Waals surface area contributed by atoms with Crippen molar-refractivity contribution in [1.29, 1.82) is 0 Å². The first-order valence-electron chi connectivity index (χ1n) is 18.0. The number of methoxy groups -OCH3 is 1. The number of carbonyl (C=O) groups is 2. The van der Waals surface area contributed by atoms with Crippen LogP contribution in [0.2, 0.25) is 0 Å². The third-order valence-electron chi connectivity index (χ3n) is 11.7. The number of ether oxygens (including phenoxy) is 1.